The lowest BCUT2D eigenvalue weighted by atomic mass is 10.0. The van der Waals surface area contributed by atoms with E-state index in [-0.39, 0.29) is 12.0 Å². The number of imidazole rings is 2. The molecule has 1 aliphatic rings. The van der Waals surface area contributed by atoms with Crippen molar-refractivity contribution < 1.29 is 9.53 Å². The molecular formula is C39H42N18O2S. The Morgan fingerprint density at radius 1 is 0.883 bits per heavy atom. The van der Waals surface area contributed by atoms with Gasteiger partial charge in [-0.25, -0.2) is 34.2 Å². The first-order valence-electron chi connectivity index (χ1n) is 18.9. The fourth-order valence-electron chi connectivity index (χ4n) is 6.48. The Balaban J connectivity index is 0.000000180. The number of carbonyl (C=O) groups excluding carboxylic acids is 1. The zero-order valence-corrected chi connectivity index (χ0v) is 34.5. The van der Waals surface area contributed by atoms with Crippen molar-refractivity contribution in [3.8, 4) is 22.9 Å². The molecule has 0 saturated carbocycles. The highest BCUT2D eigenvalue weighted by molar-refractivity contribution is 7.10. The number of ether oxygens (including phenoxy) is 1. The van der Waals surface area contributed by atoms with Gasteiger partial charge < -0.3 is 31.7 Å². The van der Waals surface area contributed by atoms with Crippen molar-refractivity contribution in [3.63, 3.8) is 0 Å². The van der Waals surface area contributed by atoms with Crippen LogP contribution in [0.1, 0.15) is 50.1 Å². The number of anilines is 6. The lowest BCUT2D eigenvalue weighted by Gasteiger charge is -2.29. The number of aromatic nitrogens is 13. The Morgan fingerprint density at radius 3 is 2.38 bits per heavy atom. The number of H-pyrrole nitrogens is 1. The largest absolute Gasteiger partial charge is 0.444 e. The van der Waals surface area contributed by atoms with Crippen molar-refractivity contribution in [1.82, 2.24) is 68.4 Å². The van der Waals surface area contributed by atoms with Crippen molar-refractivity contribution in [2.24, 2.45) is 0 Å². The van der Waals surface area contributed by atoms with Gasteiger partial charge in [0.15, 0.2) is 23.1 Å². The van der Waals surface area contributed by atoms with Gasteiger partial charge in [0, 0.05) is 37.6 Å². The second-order valence-corrected chi connectivity index (χ2v) is 15.6. The highest BCUT2D eigenvalue weighted by atomic mass is 32.1. The average molecular weight is 827 g/mol. The minimum absolute atomic E-state index is 0.133. The van der Waals surface area contributed by atoms with E-state index in [0.717, 1.165) is 27.5 Å². The SMILES string of the molecule is Cc1cc(Nc2nc3cccnn3c2-c2cc(N)nc(C)n2)sn1.Cc1nc(N)nc(-c2c(Nc3ccn[nH]3)nc3ccc(C4=CCN(C(=O)OC(C)(C)C)CC4)cn23)n1. The number of rotatable bonds is 7. The van der Waals surface area contributed by atoms with Crippen LogP contribution in [0.5, 0.6) is 0 Å². The smallest absolute Gasteiger partial charge is 0.410 e. The number of nitrogens with one attached hydrogen (secondary N) is 3. The van der Waals surface area contributed by atoms with Gasteiger partial charge in [-0.05, 0) is 101 Å². The fourth-order valence-corrected chi connectivity index (χ4v) is 7.14. The Hall–Kier alpha value is -7.55. The van der Waals surface area contributed by atoms with Crippen LogP contribution in [0.25, 0.3) is 39.8 Å². The van der Waals surface area contributed by atoms with Crippen LogP contribution in [-0.2, 0) is 4.74 Å². The Labute approximate surface area is 347 Å². The predicted molar refractivity (Wildman–Crippen MR) is 229 cm³/mol. The lowest BCUT2D eigenvalue weighted by Crippen LogP contribution is -2.39. The first-order valence-corrected chi connectivity index (χ1v) is 19.6. The molecule has 21 heteroatoms. The van der Waals surface area contributed by atoms with E-state index >= 15 is 0 Å². The van der Waals surface area contributed by atoms with Gasteiger partial charge in [-0.3, -0.25) is 9.50 Å². The topological polar surface area (TPSA) is 259 Å². The molecule has 1 amide bonds. The predicted octanol–water partition coefficient (Wildman–Crippen LogP) is 6.15. The van der Waals surface area contributed by atoms with Gasteiger partial charge in [0.2, 0.25) is 5.95 Å². The number of amides is 1. The van der Waals surface area contributed by atoms with Crippen LogP contribution in [0.4, 0.5) is 39.0 Å². The molecule has 1 aliphatic heterocycles. The van der Waals surface area contributed by atoms with Crippen LogP contribution in [0.2, 0.25) is 0 Å². The van der Waals surface area contributed by atoms with E-state index in [9.17, 15) is 4.79 Å². The molecule has 0 saturated heterocycles. The molecule has 0 aliphatic carbocycles. The number of pyridine rings is 1. The molecule has 8 aromatic rings. The number of hydrogen-bond donors (Lipinski definition) is 5. The standard InChI is InChI=1S/C24H28N10O2.C15H14N8S/c1-14-27-20(31-22(25)28-14)19-21(29-17-7-10-26-32-17)30-18-6-5-16(13-34(18)19)15-8-11-33(12-9-15)23(35)36-24(2,3)4;1-8-6-13(24-22-8)21-15-14(10-7-11(16)19-9(2)18-10)23-12(20-15)4-3-5-17-23/h5-8,10,13H,9,11-12H2,1-4H3,(H2,26,29,32)(H2,25,27,28,31);3-7,21H,1-2H3,(H2,16,18,19). The molecule has 7 N–H and O–H groups in total. The quantitative estimate of drug-likeness (QED) is 0.121. The molecule has 8 aromatic heterocycles. The first kappa shape index (κ1) is 39.3. The molecule has 60 heavy (non-hydrogen) atoms. The summed E-state index contributed by atoms with van der Waals surface area (Å²) in [4.78, 5) is 45.1. The zero-order valence-electron chi connectivity index (χ0n) is 33.7. The number of nitrogens with zero attached hydrogens (tertiary/aromatic N) is 13. The van der Waals surface area contributed by atoms with Crippen molar-refractivity contribution in [2.45, 2.75) is 53.6 Å². The van der Waals surface area contributed by atoms with Gasteiger partial charge in [0.25, 0.3) is 0 Å². The summed E-state index contributed by atoms with van der Waals surface area (Å²) in [6.07, 6.45) is 7.81. The van der Waals surface area contributed by atoms with Crippen molar-refractivity contribution in [2.75, 3.05) is 35.2 Å². The van der Waals surface area contributed by atoms with E-state index in [1.165, 1.54) is 11.5 Å². The second kappa shape index (κ2) is 16.0. The number of aromatic amines is 1. The number of nitrogen functional groups attached to an aromatic ring is 2. The van der Waals surface area contributed by atoms with Gasteiger partial charge in [0.05, 0.1) is 17.6 Å². The molecule has 20 nitrogen and oxygen atoms in total. The van der Waals surface area contributed by atoms with E-state index in [4.69, 9.17) is 21.2 Å². The highest BCUT2D eigenvalue weighted by Crippen LogP contribution is 2.33. The maximum absolute atomic E-state index is 12.4. The average Bonchev–Trinajstić information content (AvgIpc) is 4.00. The van der Waals surface area contributed by atoms with Gasteiger partial charge in [-0.2, -0.15) is 24.5 Å². The number of hydrogen-bond acceptors (Lipinski definition) is 17. The first-order chi connectivity index (χ1) is 28.8. The summed E-state index contributed by atoms with van der Waals surface area (Å²) in [6.45, 7) is 12.2. The van der Waals surface area contributed by atoms with Gasteiger partial charge in [-0.15, -0.1) is 0 Å². The molecule has 0 bridgehead atoms. The van der Waals surface area contributed by atoms with Crippen LogP contribution in [0.3, 0.4) is 0 Å². The van der Waals surface area contributed by atoms with Crippen LogP contribution in [0.15, 0.2) is 67.1 Å². The van der Waals surface area contributed by atoms with Crippen molar-refractivity contribution in [3.05, 3.63) is 90.0 Å². The maximum Gasteiger partial charge on any atom is 0.410 e. The van der Waals surface area contributed by atoms with Crippen LogP contribution in [0, 0.1) is 20.8 Å². The van der Waals surface area contributed by atoms with Crippen molar-refractivity contribution in [1.29, 1.82) is 0 Å². The molecule has 0 fully saturated rings. The minimum Gasteiger partial charge on any atom is -0.444 e. The number of fused-ring (bicyclic) bond motifs is 2. The Morgan fingerprint density at radius 2 is 1.68 bits per heavy atom. The molecule has 9 rings (SSSR count). The van der Waals surface area contributed by atoms with Crippen molar-refractivity contribution >= 4 is 68.7 Å². The third-order valence-electron chi connectivity index (χ3n) is 8.94. The number of carbonyl (C=O) groups is 1. The lowest BCUT2D eigenvalue weighted by molar-refractivity contribution is 0.0270. The van der Waals surface area contributed by atoms with Crippen LogP contribution >= 0.6 is 11.5 Å². The molecule has 9 heterocycles. The summed E-state index contributed by atoms with van der Waals surface area (Å²) in [5, 5.41) is 18.7. The Kier molecular flexibility index (Phi) is 10.5. The summed E-state index contributed by atoms with van der Waals surface area (Å²) < 4.78 is 13.5. The second-order valence-electron chi connectivity index (χ2n) is 14.8. The summed E-state index contributed by atoms with van der Waals surface area (Å²) in [5.41, 5.74) is 17.9. The molecule has 0 atom stereocenters. The molecule has 0 aromatic carbocycles. The summed E-state index contributed by atoms with van der Waals surface area (Å²) in [5.74, 6) is 3.92. The van der Waals surface area contributed by atoms with Gasteiger partial charge in [-0.1, -0.05) is 6.08 Å². The zero-order chi connectivity index (χ0) is 42.1. The van der Waals surface area contributed by atoms with Crippen LogP contribution < -0.4 is 22.1 Å². The summed E-state index contributed by atoms with van der Waals surface area (Å²) in [7, 11) is 0. The monoisotopic (exact) mass is 826 g/mol. The van der Waals surface area contributed by atoms with Gasteiger partial charge >= 0.3 is 6.09 Å². The minimum atomic E-state index is -0.525. The van der Waals surface area contributed by atoms with Crippen LogP contribution in [-0.4, -0.2) is 93.2 Å². The Bertz CT molecular complexity index is 2830. The van der Waals surface area contributed by atoms with E-state index in [0.29, 0.717) is 82.9 Å². The van der Waals surface area contributed by atoms with E-state index < -0.39 is 5.60 Å². The summed E-state index contributed by atoms with van der Waals surface area (Å²) in [6, 6.07) is 13.2. The third-order valence-corrected chi connectivity index (χ3v) is 9.74. The fraction of sp³-hybridized carbons (Fsp3) is 0.256. The molecule has 306 valence electrons. The van der Waals surface area contributed by atoms with E-state index in [2.05, 4.69) is 66.3 Å². The summed E-state index contributed by atoms with van der Waals surface area (Å²) >= 11 is 1.38. The van der Waals surface area contributed by atoms with E-state index in [1.807, 2.05) is 68.6 Å². The normalized spacial score (nSPS) is 12.9. The maximum atomic E-state index is 12.4. The number of nitrogens with two attached hydrogens (primary N) is 2. The molecule has 0 spiro atoms. The molecule has 0 unspecified atom stereocenters. The molecular weight excluding hydrogens is 785 g/mol. The third kappa shape index (κ3) is 8.65. The molecule has 0 radical (unpaired) electrons. The van der Waals surface area contributed by atoms with E-state index in [1.54, 1.807) is 47.8 Å². The number of aryl methyl sites for hydroxylation is 3. The van der Waals surface area contributed by atoms with Gasteiger partial charge in [0.1, 0.15) is 50.9 Å². The highest BCUT2D eigenvalue weighted by Gasteiger charge is 2.25.